The first-order valence-corrected chi connectivity index (χ1v) is 7.15. The van der Waals surface area contributed by atoms with Crippen molar-refractivity contribution in [2.45, 2.75) is 6.42 Å². The van der Waals surface area contributed by atoms with E-state index in [1.807, 2.05) is 36.5 Å². The molecule has 1 aliphatic rings. The molecule has 0 aliphatic carbocycles. The van der Waals surface area contributed by atoms with E-state index in [9.17, 15) is 0 Å². The zero-order valence-corrected chi connectivity index (χ0v) is 12.5. The van der Waals surface area contributed by atoms with Gasteiger partial charge in [-0.25, -0.2) is 0 Å². The Labute approximate surface area is 125 Å². The summed E-state index contributed by atoms with van der Waals surface area (Å²) in [4.78, 5) is 5.27. The highest BCUT2D eigenvalue weighted by Crippen LogP contribution is 2.33. The van der Waals surface area contributed by atoms with Crippen LogP contribution in [0.1, 0.15) is 17.7 Å². The zero-order valence-electron chi connectivity index (χ0n) is 10.1. The molecule has 0 saturated heterocycles. The molecule has 1 aromatic heterocycles. The Morgan fingerprint density at radius 3 is 2.89 bits per heavy atom. The highest BCUT2D eigenvalue weighted by atomic mass is 79.9. The third-order valence-corrected chi connectivity index (χ3v) is 3.74. The molecule has 0 unspecified atom stereocenters. The average molecular weight is 331 g/mol. The molecule has 4 heteroatoms. The van der Waals surface area contributed by atoms with Crippen LogP contribution >= 0.6 is 28.1 Å². The van der Waals surface area contributed by atoms with Crippen LogP contribution in [-0.2, 0) is 0 Å². The minimum absolute atomic E-state index is 0.730. The van der Waals surface area contributed by atoms with E-state index in [1.54, 1.807) is 0 Å². The van der Waals surface area contributed by atoms with Gasteiger partial charge >= 0.3 is 0 Å². The maximum atomic E-state index is 5.32. The fourth-order valence-electron chi connectivity index (χ4n) is 2.12. The van der Waals surface area contributed by atoms with Crippen molar-refractivity contribution < 1.29 is 0 Å². The first-order valence-electron chi connectivity index (χ1n) is 5.95. The van der Waals surface area contributed by atoms with Gasteiger partial charge in [0, 0.05) is 33.9 Å². The molecule has 1 aliphatic heterocycles. The summed E-state index contributed by atoms with van der Waals surface area (Å²) >= 11 is 8.84. The number of hydrogen-bond donors (Lipinski definition) is 1. The minimum Gasteiger partial charge on any atom is -0.349 e. The summed E-state index contributed by atoms with van der Waals surface area (Å²) in [5.74, 6) is 0. The second kappa shape index (κ2) is 5.23. The number of nitrogens with zero attached hydrogens (tertiary/aromatic N) is 1. The molecule has 94 valence electrons. The standard InChI is InChI=1S/C15H11BrN2S/c16-10-4-6-14-12(9-10)11(5-7-15(19)18-14)13-3-1-2-8-17-13/h1-6,8-9H,7H2,(H,18,19). The first-order chi connectivity index (χ1) is 9.24. The van der Waals surface area contributed by atoms with Crippen LogP contribution in [0.2, 0.25) is 0 Å². The van der Waals surface area contributed by atoms with Gasteiger partial charge in [0.2, 0.25) is 0 Å². The third kappa shape index (κ3) is 2.60. The van der Waals surface area contributed by atoms with Crippen molar-refractivity contribution in [2.24, 2.45) is 0 Å². The number of aromatic nitrogens is 1. The van der Waals surface area contributed by atoms with E-state index >= 15 is 0 Å². The van der Waals surface area contributed by atoms with Gasteiger partial charge in [-0.05, 0) is 30.3 Å². The van der Waals surface area contributed by atoms with E-state index in [2.05, 4.69) is 38.4 Å². The van der Waals surface area contributed by atoms with Crippen LogP contribution in [0.3, 0.4) is 0 Å². The predicted molar refractivity (Wildman–Crippen MR) is 86.3 cm³/mol. The van der Waals surface area contributed by atoms with Crippen molar-refractivity contribution in [3.05, 3.63) is 64.4 Å². The van der Waals surface area contributed by atoms with Crippen LogP contribution in [0.4, 0.5) is 5.69 Å². The van der Waals surface area contributed by atoms with E-state index < -0.39 is 0 Å². The summed E-state index contributed by atoms with van der Waals surface area (Å²) in [5, 5.41) is 3.28. The van der Waals surface area contributed by atoms with Crippen molar-refractivity contribution in [1.29, 1.82) is 0 Å². The van der Waals surface area contributed by atoms with Gasteiger partial charge < -0.3 is 5.32 Å². The lowest BCUT2D eigenvalue weighted by molar-refractivity contribution is 1.27. The Balaban J connectivity index is 2.20. The normalized spacial score (nSPS) is 14.2. The molecule has 2 aromatic rings. The number of fused-ring (bicyclic) bond motifs is 1. The van der Waals surface area contributed by atoms with Crippen molar-refractivity contribution in [3.8, 4) is 0 Å². The maximum absolute atomic E-state index is 5.32. The van der Waals surface area contributed by atoms with E-state index in [1.165, 1.54) is 0 Å². The molecule has 0 saturated carbocycles. The highest BCUT2D eigenvalue weighted by Gasteiger charge is 2.15. The van der Waals surface area contributed by atoms with E-state index in [0.29, 0.717) is 0 Å². The minimum atomic E-state index is 0.730. The van der Waals surface area contributed by atoms with Gasteiger partial charge in [0.25, 0.3) is 0 Å². The van der Waals surface area contributed by atoms with E-state index in [4.69, 9.17) is 12.2 Å². The zero-order chi connectivity index (χ0) is 13.2. The number of nitrogens with one attached hydrogen (secondary N) is 1. The van der Waals surface area contributed by atoms with Gasteiger partial charge in [-0.3, -0.25) is 4.98 Å². The molecular formula is C15H11BrN2S. The lowest BCUT2D eigenvalue weighted by Gasteiger charge is -2.11. The molecule has 0 spiro atoms. The van der Waals surface area contributed by atoms with Gasteiger partial charge in [0.05, 0.1) is 10.7 Å². The molecule has 2 nitrogen and oxygen atoms in total. The molecular weight excluding hydrogens is 320 g/mol. The van der Waals surface area contributed by atoms with Crippen LogP contribution in [0.15, 0.2) is 53.1 Å². The maximum Gasteiger partial charge on any atom is 0.0835 e. The molecule has 0 amide bonds. The van der Waals surface area contributed by atoms with Gasteiger partial charge in [0.15, 0.2) is 0 Å². The monoisotopic (exact) mass is 330 g/mol. The SMILES string of the molecule is S=C1CC=C(c2ccccn2)c2cc(Br)ccc2N1. The second-order valence-corrected chi connectivity index (χ2v) is 5.68. The largest absolute Gasteiger partial charge is 0.349 e. The highest BCUT2D eigenvalue weighted by molar-refractivity contribution is 9.10. The Morgan fingerprint density at radius 1 is 1.21 bits per heavy atom. The van der Waals surface area contributed by atoms with E-state index in [0.717, 1.165) is 38.4 Å². The van der Waals surface area contributed by atoms with Gasteiger partial charge in [-0.2, -0.15) is 0 Å². The van der Waals surface area contributed by atoms with Gasteiger partial charge in [-0.15, -0.1) is 0 Å². The Kier molecular flexibility index (Phi) is 3.44. The van der Waals surface area contributed by atoms with Crippen molar-refractivity contribution >= 4 is 44.4 Å². The molecule has 1 N–H and O–H groups in total. The third-order valence-electron chi connectivity index (χ3n) is 2.98. The van der Waals surface area contributed by atoms with Crippen molar-refractivity contribution in [2.75, 3.05) is 5.32 Å². The van der Waals surface area contributed by atoms with Gasteiger partial charge in [0.1, 0.15) is 0 Å². The quantitative estimate of drug-likeness (QED) is 0.783. The number of anilines is 1. The first kappa shape index (κ1) is 12.5. The second-order valence-electron chi connectivity index (χ2n) is 4.27. The number of rotatable bonds is 1. The molecule has 2 heterocycles. The molecule has 0 radical (unpaired) electrons. The summed E-state index contributed by atoms with van der Waals surface area (Å²) < 4.78 is 1.04. The number of pyridine rings is 1. The van der Waals surface area contributed by atoms with Crippen LogP contribution in [0, 0.1) is 0 Å². The summed E-state index contributed by atoms with van der Waals surface area (Å²) in [6, 6.07) is 12.1. The number of thiocarbonyl (C=S) groups is 1. The number of halogens is 1. The smallest absolute Gasteiger partial charge is 0.0835 e. The molecule has 0 bridgehead atoms. The topological polar surface area (TPSA) is 24.9 Å². The lowest BCUT2D eigenvalue weighted by atomic mass is 10.0. The number of benzene rings is 1. The molecule has 0 atom stereocenters. The van der Waals surface area contributed by atoms with Gasteiger partial charge in [-0.1, -0.05) is 40.3 Å². The Morgan fingerprint density at radius 2 is 2.11 bits per heavy atom. The lowest BCUT2D eigenvalue weighted by Crippen LogP contribution is -2.06. The van der Waals surface area contributed by atoms with Crippen molar-refractivity contribution in [1.82, 2.24) is 4.98 Å². The Hall–Kier alpha value is -1.52. The van der Waals surface area contributed by atoms with Crippen LogP contribution in [0.25, 0.3) is 5.57 Å². The fraction of sp³-hybridized carbons (Fsp3) is 0.0667. The Bertz CT molecular complexity index is 665. The molecule has 3 rings (SSSR count). The predicted octanol–water partition coefficient (Wildman–Crippen LogP) is 4.42. The molecule has 0 fully saturated rings. The molecule has 1 aromatic carbocycles. The summed E-state index contributed by atoms with van der Waals surface area (Å²) in [6.45, 7) is 0. The summed E-state index contributed by atoms with van der Waals surface area (Å²) in [6.07, 6.45) is 4.67. The molecule has 19 heavy (non-hydrogen) atoms. The van der Waals surface area contributed by atoms with Crippen LogP contribution < -0.4 is 5.32 Å². The summed E-state index contributed by atoms with van der Waals surface area (Å²) in [5.41, 5.74) is 4.23. The average Bonchev–Trinajstić information content (AvgIpc) is 2.58. The van der Waals surface area contributed by atoms with Crippen molar-refractivity contribution in [3.63, 3.8) is 0 Å². The van der Waals surface area contributed by atoms with Crippen LogP contribution in [0.5, 0.6) is 0 Å². The number of hydrogen-bond acceptors (Lipinski definition) is 2. The summed E-state index contributed by atoms with van der Waals surface area (Å²) in [7, 11) is 0. The van der Waals surface area contributed by atoms with E-state index in [-0.39, 0.29) is 0 Å². The van der Waals surface area contributed by atoms with Crippen LogP contribution in [-0.4, -0.2) is 9.97 Å². The fourth-order valence-corrected chi connectivity index (χ4v) is 2.67.